The van der Waals surface area contributed by atoms with Crippen LogP contribution in [0.1, 0.15) is 37.4 Å². The van der Waals surface area contributed by atoms with Gasteiger partial charge in [-0.3, -0.25) is 0 Å². The second-order valence-electron chi connectivity index (χ2n) is 5.23. The van der Waals surface area contributed by atoms with Crippen LogP contribution in [0.4, 0.5) is 4.39 Å². The Bertz CT molecular complexity index is 577. The van der Waals surface area contributed by atoms with Crippen LogP contribution >= 0.6 is 0 Å². The van der Waals surface area contributed by atoms with Gasteiger partial charge in [0.15, 0.2) is 0 Å². The van der Waals surface area contributed by atoms with Gasteiger partial charge < -0.3 is 5.32 Å². The summed E-state index contributed by atoms with van der Waals surface area (Å²) in [7, 11) is 0. The second kappa shape index (κ2) is 6.67. The number of rotatable bonds is 5. The Morgan fingerprint density at radius 2 is 1.90 bits per heavy atom. The molecule has 2 rings (SSSR count). The van der Waals surface area contributed by atoms with E-state index in [9.17, 15) is 4.39 Å². The maximum atomic E-state index is 13.8. The zero-order chi connectivity index (χ0) is 14.5. The van der Waals surface area contributed by atoms with Crippen LogP contribution in [0.3, 0.4) is 0 Å². The maximum Gasteiger partial charge on any atom is 0.126 e. The lowest BCUT2D eigenvalue weighted by atomic mass is 9.95. The number of nitrogens with one attached hydrogen (secondary N) is 1. The van der Waals surface area contributed by atoms with Crippen molar-refractivity contribution in [3.8, 4) is 11.1 Å². The zero-order valence-corrected chi connectivity index (χ0v) is 12.4. The van der Waals surface area contributed by atoms with Gasteiger partial charge in [0.05, 0.1) is 0 Å². The summed E-state index contributed by atoms with van der Waals surface area (Å²) in [4.78, 5) is 0. The quantitative estimate of drug-likeness (QED) is 0.818. The third-order valence-electron chi connectivity index (χ3n) is 3.61. The molecule has 2 aromatic carbocycles. The van der Waals surface area contributed by atoms with Crippen LogP contribution in [0.15, 0.2) is 42.5 Å². The van der Waals surface area contributed by atoms with Crippen molar-refractivity contribution in [2.24, 2.45) is 0 Å². The fraction of sp³-hybridized carbons (Fsp3) is 0.333. The molecule has 0 aliphatic rings. The van der Waals surface area contributed by atoms with Gasteiger partial charge in [0.1, 0.15) is 5.82 Å². The zero-order valence-electron chi connectivity index (χ0n) is 12.4. The molecule has 1 unspecified atom stereocenters. The SMILES string of the molecule is CCCNC(C)c1ccccc1-c1ccc(C)c(F)c1. The van der Waals surface area contributed by atoms with Gasteiger partial charge in [-0.1, -0.05) is 43.3 Å². The predicted octanol–water partition coefficient (Wildman–Crippen LogP) is 4.86. The van der Waals surface area contributed by atoms with Crippen LogP contribution in [0.2, 0.25) is 0 Å². The molecule has 0 heterocycles. The van der Waals surface area contributed by atoms with Crippen molar-refractivity contribution in [3.05, 3.63) is 59.4 Å². The minimum Gasteiger partial charge on any atom is -0.310 e. The Morgan fingerprint density at radius 3 is 2.60 bits per heavy atom. The van der Waals surface area contributed by atoms with Crippen LogP contribution in [0.5, 0.6) is 0 Å². The molecule has 2 aromatic rings. The molecule has 1 nitrogen and oxygen atoms in total. The highest BCUT2D eigenvalue weighted by atomic mass is 19.1. The largest absolute Gasteiger partial charge is 0.310 e. The molecule has 0 bridgehead atoms. The molecule has 0 radical (unpaired) electrons. The minimum absolute atomic E-state index is 0.147. The average molecular weight is 271 g/mol. The van der Waals surface area contributed by atoms with E-state index >= 15 is 0 Å². The lowest BCUT2D eigenvalue weighted by molar-refractivity contribution is 0.571. The van der Waals surface area contributed by atoms with Gasteiger partial charge in [-0.15, -0.1) is 0 Å². The third-order valence-corrected chi connectivity index (χ3v) is 3.61. The fourth-order valence-electron chi connectivity index (χ4n) is 2.37. The van der Waals surface area contributed by atoms with Gasteiger partial charge in [-0.25, -0.2) is 4.39 Å². The van der Waals surface area contributed by atoms with Crippen LogP contribution in [-0.4, -0.2) is 6.54 Å². The molecular weight excluding hydrogens is 249 g/mol. The van der Waals surface area contributed by atoms with Crippen LogP contribution in [0, 0.1) is 12.7 Å². The van der Waals surface area contributed by atoms with E-state index in [1.54, 1.807) is 13.0 Å². The van der Waals surface area contributed by atoms with E-state index in [1.807, 2.05) is 24.3 Å². The number of aryl methyl sites for hydroxylation is 1. The summed E-state index contributed by atoms with van der Waals surface area (Å²) in [5.41, 5.74) is 3.93. The molecule has 106 valence electrons. The monoisotopic (exact) mass is 271 g/mol. The Kier molecular flexibility index (Phi) is 4.91. The van der Waals surface area contributed by atoms with Crippen LogP contribution < -0.4 is 5.32 Å². The van der Waals surface area contributed by atoms with Gasteiger partial charge in [-0.05, 0) is 55.1 Å². The van der Waals surface area contributed by atoms with E-state index in [0.717, 1.165) is 24.1 Å². The van der Waals surface area contributed by atoms with E-state index in [4.69, 9.17) is 0 Å². The van der Waals surface area contributed by atoms with Gasteiger partial charge in [0, 0.05) is 6.04 Å². The summed E-state index contributed by atoms with van der Waals surface area (Å²) < 4.78 is 13.8. The van der Waals surface area contributed by atoms with Crippen LogP contribution in [-0.2, 0) is 0 Å². The minimum atomic E-state index is -0.147. The van der Waals surface area contributed by atoms with E-state index in [-0.39, 0.29) is 11.9 Å². The number of halogens is 1. The highest BCUT2D eigenvalue weighted by Crippen LogP contribution is 2.29. The van der Waals surface area contributed by atoms with Crippen molar-refractivity contribution in [1.29, 1.82) is 0 Å². The summed E-state index contributed by atoms with van der Waals surface area (Å²) in [5.74, 6) is -0.147. The second-order valence-corrected chi connectivity index (χ2v) is 5.23. The Hall–Kier alpha value is -1.67. The van der Waals surface area contributed by atoms with Crippen molar-refractivity contribution in [3.63, 3.8) is 0 Å². The highest BCUT2D eigenvalue weighted by Gasteiger charge is 2.11. The Labute approximate surface area is 120 Å². The summed E-state index contributed by atoms with van der Waals surface area (Å²) >= 11 is 0. The molecule has 0 spiro atoms. The molecule has 0 saturated heterocycles. The van der Waals surface area contributed by atoms with Crippen molar-refractivity contribution >= 4 is 0 Å². The lowest BCUT2D eigenvalue weighted by Crippen LogP contribution is -2.19. The molecule has 20 heavy (non-hydrogen) atoms. The molecule has 1 N–H and O–H groups in total. The van der Waals surface area contributed by atoms with E-state index in [2.05, 4.69) is 31.3 Å². The molecule has 0 fully saturated rings. The first-order valence-electron chi connectivity index (χ1n) is 7.22. The van der Waals surface area contributed by atoms with Gasteiger partial charge in [0.2, 0.25) is 0 Å². The summed E-state index contributed by atoms with van der Waals surface area (Å²) in [5, 5.41) is 3.49. The lowest BCUT2D eigenvalue weighted by Gasteiger charge is -2.18. The number of hydrogen-bond acceptors (Lipinski definition) is 1. The molecule has 0 aliphatic carbocycles. The molecule has 0 aliphatic heterocycles. The number of hydrogen-bond donors (Lipinski definition) is 1. The van der Waals surface area contributed by atoms with E-state index in [1.165, 1.54) is 5.56 Å². The van der Waals surface area contributed by atoms with Crippen molar-refractivity contribution in [1.82, 2.24) is 5.32 Å². The van der Waals surface area contributed by atoms with Gasteiger partial charge >= 0.3 is 0 Å². The van der Waals surface area contributed by atoms with E-state index < -0.39 is 0 Å². The first-order valence-corrected chi connectivity index (χ1v) is 7.22. The highest BCUT2D eigenvalue weighted by molar-refractivity contribution is 5.68. The van der Waals surface area contributed by atoms with E-state index in [0.29, 0.717) is 5.56 Å². The fourth-order valence-corrected chi connectivity index (χ4v) is 2.37. The summed E-state index contributed by atoms with van der Waals surface area (Å²) in [6.45, 7) is 7.08. The predicted molar refractivity (Wildman–Crippen MR) is 83.3 cm³/mol. The molecular formula is C18H22FN. The summed E-state index contributed by atoms with van der Waals surface area (Å²) in [6.07, 6.45) is 1.10. The molecule has 0 saturated carbocycles. The normalized spacial score (nSPS) is 12.4. The first kappa shape index (κ1) is 14.7. The smallest absolute Gasteiger partial charge is 0.126 e. The number of benzene rings is 2. The first-order chi connectivity index (χ1) is 9.63. The molecule has 0 amide bonds. The molecule has 2 heteroatoms. The van der Waals surface area contributed by atoms with Crippen molar-refractivity contribution in [2.75, 3.05) is 6.54 Å². The Balaban J connectivity index is 2.38. The Morgan fingerprint density at radius 1 is 1.15 bits per heavy atom. The maximum absolute atomic E-state index is 13.8. The summed E-state index contributed by atoms with van der Waals surface area (Å²) in [6, 6.07) is 13.9. The average Bonchev–Trinajstić information content (AvgIpc) is 2.47. The topological polar surface area (TPSA) is 12.0 Å². The molecule has 1 atom stereocenters. The van der Waals surface area contributed by atoms with Gasteiger partial charge in [0.25, 0.3) is 0 Å². The third kappa shape index (κ3) is 3.26. The van der Waals surface area contributed by atoms with Crippen molar-refractivity contribution in [2.45, 2.75) is 33.2 Å². The van der Waals surface area contributed by atoms with Crippen molar-refractivity contribution < 1.29 is 4.39 Å². The van der Waals surface area contributed by atoms with Gasteiger partial charge in [-0.2, -0.15) is 0 Å². The molecule has 0 aromatic heterocycles. The standard InChI is InChI=1S/C18H22FN/c1-4-11-20-14(3)16-7-5-6-8-17(16)15-10-9-13(2)18(19)12-15/h5-10,12,14,20H,4,11H2,1-3H3. The van der Waals surface area contributed by atoms with Crippen LogP contribution in [0.25, 0.3) is 11.1 Å².